The predicted molar refractivity (Wildman–Crippen MR) is 71.8 cm³/mol. The number of nitrogens with one attached hydrogen (secondary N) is 1. The highest BCUT2D eigenvalue weighted by Gasteiger charge is 2.24. The van der Waals surface area contributed by atoms with Gasteiger partial charge in [-0.2, -0.15) is 0 Å². The van der Waals surface area contributed by atoms with Gasteiger partial charge in [0.25, 0.3) is 0 Å². The molecule has 98 valence electrons. The van der Waals surface area contributed by atoms with Crippen LogP contribution in [0.4, 0.5) is 0 Å². The minimum Gasteiger partial charge on any atom is -0.381 e. The molecule has 2 heteroatoms. The van der Waals surface area contributed by atoms with E-state index in [-0.39, 0.29) is 0 Å². The van der Waals surface area contributed by atoms with Crippen molar-refractivity contribution in [3.63, 3.8) is 0 Å². The maximum absolute atomic E-state index is 5.59. The molecule has 0 fully saturated rings. The highest BCUT2D eigenvalue weighted by Crippen LogP contribution is 2.28. The van der Waals surface area contributed by atoms with Gasteiger partial charge in [-0.05, 0) is 30.7 Å². The second-order valence-corrected chi connectivity index (χ2v) is 6.03. The monoisotopic (exact) mass is 229 g/mol. The van der Waals surface area contributed by atoms with E-state index in [0.29, 0.717) is 17.4 Å². The zero-order valence-corrected chi connectivity index (χ0v) is 12.1. The van der Waals surface area contributed by atoms with Crippen LogP contribution < -0.4 is 5.32 Å². The first-order valence-corrected chi connectivity index (χ1v) is 6.69. The minimum atomic E-state index is 0.359. The van der Waals surface area contributed by atoms with E-state index in [9.17, 15) is 0 Å². The third-order valence-electron chi connectivity index (χ3n) is 2.96. The van der Waals surface area contributed by atoms with Crippen molar-refractivity contribution in [3.05, 3.63) is 0 Å². The maximum atomic E-state index is 5.59. The zero-order chi connectivity index (χ0) is 12.6. The molecular formula is C14H31NO. The minimum absolute atomic E-state index is 0.359. The van der Waals surface area contributed by atoms with Gasteiger partial charge in [0, 0.05) is 19.3 Å². The summed E-state index contributed by atoms with van der Waals surface area (Å²) < 4.78 is 5.59. The lowest BCUT2D eigenvalue weighted by atomic mass is 9.79. The van der Waals surface area contributed by atoms with Crippen molar-refractivity contribution in [1.82, 2.24) is 5.32 Å². The summed E-state index contributed by atoms with van der Waals surface area (Å²) in [6, 6.07) is 0.571. The molecule has 1 N–H and O–H groups in total. The first-order chi connectivity index (χ1) is 7.38. The lowest BCUT2D eigenvalue weighted by Gasteiger charge is -2.31. The quantitative estimate of drug-likeness (QED) is 0.644. The topological polar surface area (TPSA) is 21.3 Å². The molecule has 0 amide bonds. The fourth-order valence-electron chi connectivity index (χ4n) is 1.69. The summed E-state index contributed by atoms with van der Waals surface area (Å²) in [4.78, 5) is 0. The molecule has 0 aromatic rings. The second-order valence-electron chi connectivity index (χ2n) is 6.03. The molecule has 2 nitrogen and oxygen atoms in total. The Balaban J connectivity index is 3.92. The van der Waals surface area contributed by atoms with E-state index in [2.05, 4.69) is 46.9 Å². The van der Waals surface area contributed by atoms with Gasteiger partial charge in [-0.1, -0.05) is 41.5 Å². The van der Waals surface area contributed by atoms with Gasteiger partial charge in [-0.3, -0.25) is 0 Å². The summed E-state index contributed by atoms with van der Waals surface area (Å²) in [6.07, 6.45) is 2.27. The van der Waals surface area contributed by atoms with Crippen LogP contribution in [0.2, 0.25) is 0 Å². The van der Waals surface area contributed by atoms with Gasteiger partial charge in [-0.15, -0.1) is 0 Å². The van der Waals surface area contributed by atoms with E-state index in [4.69, 9.17) is 4.74 Å². The fourth-order valence-corrected chi connectivity index (χ4v) is 1.69. The van der Waals surface area contributed by atoms with E-state index >= 15 is 0 Å². The fraction of sp³-hybridized carbons (Fsp3) is 1.00. The Morgan fingerprint density at radius 1 is 1.12 bits per heavy atom. The molecule has 16 heavy (non-hydrogen) atoms. The molecule has 1 unspecified atom stereocenters. The molecule has 0 aliphatic carbocycles. The Bertz CT molecular complexity index is 161. The van der Waals surface area contributed by atoms with Crippen LogP contribution in [0.5, 0.6) is 0 Å². The van der Waals surface area contributed by atoms with Gasteiger partial charge in [0.2, 0.25) is 0 Å². The molecule has 0 aliphatic heterocycles. The largest absolute Gasteiger partial charge is 0.381 e. The highest BCUT2D eigenvalue weighted by molar-refractivity contribution is 4.76. The molecule has 0 bridgehead atoms. The molecular weight excluding hydrogens is 198 g/mol. The van der Waals surface area contributed by atoms with Gasteiger partial charge < -0.3 is 10.1 Å². The Hall–Kier alpha value is -0.0800. The van der Waals surface area contributed by atoms with Crippen LogP contribution in [0.15, 0.2) is 0 Å². The molecule has 0 aromatic carbocycles. The average molecular weight is 229 g/mol. The molecule has 1 atom stereocenters. The van der Waals surface area contributed by atoms with Crippen molar-refractivity contribution in [3.8, 4) is 0 Å². The van der Waals surface area contributed by atoms with E-state index in [0.717, 1.165) is 32.6 Å². The molecule has 0 radical (unpaired) electrons. The average Bonchev–Trinajstić information content (AvgIpc) is 2.14. The SMILES string of the molecule is CCCOCCC(CNC(C)C)C(C)(C)C. The van der Waals surface area contributed by atoms with Crippen molar-refractivity contribution in [2.75, 3.05) is 19.8 Å². The van der Waals surface area contributed by atoms with Crippen LogP contribution in [0.3, 0.4) is 0 Å². The highest BCUT2D eigenvalue weighted by atomic mass is 16.5. The number of hydrogen-bond donors (Lipinski definition) is 1. The van der Waals surface area contributed by atoms with Gasteiger partial charge in [0.15, 0.2) is 0 Å². The van der Waals surface area contributed by atoms with Gasteiger partial charge in [0.1, 0.15) is 0 Å². The molecule has 0 spiro atoms. The van der Waals surface area contributed by atoms with Crippen molar-refractivity contribution < 1.29 is 4.74 Å². The Morgan fingerprint density at radius 2 is 1.75 bits per heavy atom. The Morgan fingerprint density at radius 3 is 2.19 bits per heavy atom. The van der Waals surface area contributed by atoms with Gasteiger partial charge >= 0.3 is 0 Å². The molecule has 0 aliphatic rings. The smallest absolute Gasteiger partial charge is 0.0469 e. The van der Waals surface area contributed by atoms with Crippen LogP contribution in [-0.4, -0.2) is 25.8 Å². The number of ether oxygens (including phenoxy) is 1. The van der Waals surface area contributed by atoms with Crippen molar-refractivity contribution >= 4 is 0 Å². The van der Waals surface area contributed by atoms with Crippen LogP contribution in [0.25, 0.3) is 0 Å². The normalized spacial score (nSPS) is 14.4. The molecule has 0 rings (SSSR count). The summed E-state index contributed by atoms with van der Waals surface area (Å²) in [6.45, 7) is 16.4. The first-order valence-electron chi connectivity index (χ1n) is 6.69. The van der Waals surface area contributed by atoms with E-state index in [1.807, 2.05) is 0 Å². The first kappa shape index (κ1) is 15.9. The Kier molecular flexibility index (Phi) is 8.04. The summed E-state index contributed by atoms with van der Waals surface area (Å²) in [5.41, 5.74) is 0.359. The molecule has 0 heterocycles. The van der Waals surface area contributed by atoms with Gasteiger partial charge in [0.05, 0.1) is 0 Å². The molecule has 0 saturated carbocycles. The lowest BCUT2D eigenvalue weighted by molar-refractivity contribution is 0.0961. The standard InChI is InChI=1S/C14H31NO/c1-7-9-16-10-8-13(14(4,5)6)11-15-12(2)3/h12-13,15H,7-11H2,1-6H3. The van der Waals surface area contributed by atoms with Gasteiger partial charge in [-0.25, -0.2) is 0 Å². The Labute approximate surface area is 102 Å². The second kappa shape index (κ2) is 8.08. The van der Waals surface area contributed by atoms with Crippen molar-refractivity contribution in [1.29, 1.82) is 0 Å². The zero-order valence-electron chi connectivity index (χ0n) is 12.1. The third kappa shape index (κ3) is 8.12. The lowest BCUT2D eigenvalue weighted by Crippen LogP contribution is -2.35. The van der Waals surface area contributed by atoms with Crippen molar-refractivity contribution in [2.45, 2.75) is 60.4 Å². The molecule has 0 saturated heterocycles. The predicted octanol–water partition coefficient (Wildman–Crippen LogP) is 3.46. The van der Waals surface area contributed by atoms with Crippen LogP contribution in [0.1, 0.15) is 54.4 Å². The summed E-state index contributed by atoms with van der Waals surface area (Å²) in [5, 5.41) is 3.54. The van der Waals surface area contributed by atoms with E-state index in [1.54, 1.807) is 0 Å². The van der Waals surface area contributed by atoms with E-state index in [1.165, 1.54) is 0 Å². The number of hydrogen-bond acceptors (Lipinski definition) is 2. The van der Waals surface area contributed by atoms with Crippen molar-refractivity contribution in [2.24, 2.45) is 11.3 Å². The molecule has 0 aromatic heterocycles. The van der Waals surface area contributed by atoms with Crippen LogP contribution >= 0.6 is 0 Å². The number of rotatable bonds is 8. The summed E-state index contributed by atoms with van der Waals surface area (Å²) in [5.74, 6) is 0.687. The summed E-state index contributed by atoms with van der Waals surface area (Å²) >= 11 is 0. The third-order valence-corrected chi connectivity index (χ3v) is 2.96. The van der Waals surface area contributed by atoms with Crippen LogP contribution in [0, 0.1) is 11.3 Å². The van der Waals surface area contributed by atoms with E-state index < -0.39 is 0 Å². The maximum Gasteiger partial charge on any atom is 0.0469 e. The van der Waals surface area contributed by atoms with Crippen LogP contribution in [-0.2, 0) is 4.74 Å². The summed E-state index contributed by atoms with van der Waals surface area (Å²) in [7, 11) is 0.